The average Bonchev–Trinajstić information content (AvgIpc) is 3.02. The fraction of sp³-hybridized carbons (Fsp3) is 0.385. The second-order valence-corrected chi connectivity index (χ2v) is 4.60. The number of hydrogen-bond donors (Lipinski definition) is 1. The maximum Gasteiger partial charge on any atom is 0.137 e. The lowest BCUT2D eigenvalue weighted by atomic mass is 10.1. The Bertz CT molecular complexity index is 531. The van der Waals surface area contributed by atoms with Gasteiger partial charge in [0.15, 0.2) is 0 Å². The van der Waals surface area contributed by atoms with Crippen LogP contribution in [0.15, 0.2) is 30.6 Å². The minimum atomic E-state index is -0.179. The molecule has 1 aliphatic heterocycles. The highest BCUT2D eigenvalue weighted by Gasteiger charge is 2.22. The quantitative estimate of drug-likeness (QED) is 0.893. The fourth-order valence-corrected chi connectivity index (χ4v) is 2.39. The zero-order chi connectivity index (χ0) is 12.4. The number of rotatable bonds is 3. The van der Waals surface area contributed by atoms with Gasteiger partial charge in [-0.3, -0.25) is 0 Å². The summed E-state index contributed by atoms with van der Waals surface area (Å²) < 4.78 is 15.6. The number of hydrogen-bond acceptors (Lipinski definition) is 3. The van der Waals surface area contributed by atoms with Crippen LogP contribution in [0.5, 0.6) is 0 Å². The number of benzene rings is 1. The van der Waals surface area contributed by atoms with E-state index in [1.807, 2.05) is 10.6 Å². The number of nitrogens with zero attached hydrogens (tertiary/aromatic N) is 3. The van der Waals surface area contributed by atoms with Crippen molar-refractivity contribution in [1.82, 2.24) is 20.1 Å². The molecule has 0 spiro atoms. The van der Waals surface area contributed by atoms with Crippen molar-refractivity contribution in [2.75, 3.05) is 13.1 Å². The van der Waals surface area contributed by atoms with Gasteiger partial charge < -0.3 is 9.88 Å². The molecule has 4 nitrogen and oxygen atoms in total. The van der Waals surface area contributed by atoms with Crippen LogP contribution in [0.1, 0.15) is 23.7 Å². The lowest BCUT2D eigenvalue weighted by molar-refractivity contribution is 0.582. The van der Waals surface area contributed by atoms with Crippen LogP contribution in [0.4, 0.5) is 4.39 Å². The van der Waals surface area contributed by atoms with Crippen LogP contribution in [-0.2, 0) is 6.54 Å². The van der Waals surface area contributed by atoms with E-state index in [1.165, 1.54) is 6.07 Å². The predicted octanol–water partition coefficient (Wildman–Crippen LogP) is 1.54. The van der Waals surface area contributed by atoms with E-state index in [1.54, 1.807) is 18.5 Å². The summed E-state index contributed by atoms with van der Waals surface area (Å²) in [6.07, 6.45) is 2.75. The largest absolute Gasteiger partial charge is 0.316 e. The molecule has 1 N–H and O–H groups in total. The number of halogens is 1. The van der Waals surface area contributed by atoms with E-state index in [9.17, 15) is 4.39 Å². The summed E-state index contributed by atoms with van der Waals surface area (Å²) in [6.45, 7) is 2.43. The molecule has 94 valence electrons. The van der Waals surface area contributed by atoms with Gasteiger partial charge in [-0.05, 0) is 19.0 Å². The molecule has 2 aromatic rings. The third-order valence-corrected chi connectivity index (χ3v) is 3.37. The van der Waals surface area contributed by atoms with Crippen molar-refractivity contribution in [2.24, 2.45) is 0 Å². The molecule has 1 aliphatic rings. The van der Waals surface area contributed by atoms with E-state index in [4.69, 9.17) is 0 Å². The Morgan fingerprint density at radius 1 is 1.39 bits per heavy atom. The first-order valence-corrected chi connectivity index (χ1v) is 6.16. The van der Waals surface area contributed by atoms with E-state index in [0.717, 1.165) is 25.3 Å². The molecule has 5 heteroatoms. The predicted molar refractivity (Wildman–Crippen MR) is 65.8 cm³/mol. The van der Waals surface area contributed by atoms with Gasteiger partial charge in [0.05, 0.1) is 6.54 Å². The van der Waals surface area contributed by atoms with Gasteiger partial charge in [0, 0.05) is 18.0 Å². The number of nitrogens with one attached hydrogen (secondary N) is 1. The van der Waals surface area contributed by atoms with E-state index in [2.05, 4.69) is 15.5 Å². The molecule has 1 atom stereocenters. The lowest BCUT2D eigenvalue weighted by Crippen LogP contribution is -2.13. The lowest BCUT2D eigenvalue weighted by Gasteiger charge is -2.11. The molecule has 0 aliphatic carbocycles. The summed E-state index contributed by atoms with van der Waals surface area (Å²) in [4.78, 5) is 0. The highest BCUT2D eigenvalue weighted by molar-refractivity contribution is 5.18. The molecule has 0 saturated carbocycles. The van der Waals surface area contributed by atoms with Crippen LogP contribution in [0.25, 0.3) is 0 Å². The first-order chi connectivity index (χ1) is 8.84. The highest BCUT2D eigenvalue weighted by Crippen LogP contribution is 2.21. The van der Waals surface area contributed by atoms with Gasteiger partial charge in [-0.25, -0.2) is 4.39 Å². The monoisotopic (exact) mass is 246 g/mol. The van der Waals surface area contributed by atoms with Gasteiger partial charge in [-0.15, -0.1) is 10.2 Å². The third-order valence-electron chi connectivity index (χ3n) is 3.37. The average molecular weight is 246 g/mol. The molecule has 3 rings (SSSR count). The summed E-state index contributed by atoms with van der Waals surface area (Å²) >= 11 is 0. The molecule has 2 heterocycles. The Labute approximate surface area is 105 Å². The van der Waals surface area contributed by atoms with Crippen molar-refractivity contribution < 1.29 is 4.39 Å². The SMILES string of the molecule is Fc1ccccc1Cn1cnnc1C1CCNC1. The minimum absolute atomic E-state index is 0.179. The third kappa shape index (κ3) is 2.13. The van der Waals surface area contributed by atoms with E-state index < -0.39 is 0 Å². The normalized spacial score (nSPS) is 19.3. The Hall–Kier alpha value is -1.75. The van der Waals surface area contributed by atoms with E-state index >= 15 is 0 Å². The summed E-state index contributed by atoms with van der Waals surface area (Å²) in [5.74, 6) is 1.16. The van der Waals surface area contributed by atoms with Gasteiger partial charge >= 0.3 is 0 Å². The van der Waals surface area contributed by atoms with Gasteiger partial charge in [0.25, 0.3) is 0 Å². The van der Waals surface area contributed by atoms with Crippen LogP contribution in [0.3, 0.4) is 0 Å². The van der Waals surface area contributed by atoms with Gasteiger partial charge in [-0.1, -0.05) is 18.2 Å². The second-order valence-electron chi connectivity index (χ2n) is 4.60. The minimum Gasteiger partial charge on any atom is -0.316 e. The highest BCUT2D eigenvalue weighted by atomic mass is 19.1. The first kappa shape index (κ1) is 11.3. The molecule has 1 unspecified atom stereocenters. The van der Waals surface area contributed by atoms with Crippen LogP contribution >= 0.6 is 0 Å². The van der Waals surface area contributed by atoms with Crippen molar-refractivity contribution in [3.8, 4) is 0 Å². The van der Waals surface area contributed by atoms with Crippen molar-refractivity contribution in [3.63, 3.8) is 0 Å². The molecule has 1 fully saturated rings. The molecule has 0 amide bonds. The van der Waals surface area contributed by atoms with Gasteiger partial charge in [0.1, 0.15) is 18.0 Å². The number of aromatic nitrogens is 3. The molecule has 0 radical (unpaired) electrons. The van der Waals surface area contributed by atoms with Crippen molar-refractivity contribution >= 4 is 0 Å². The van der Waals surface area contributed by atoms with Crippen LogP contribution in [0.2, 0.25) is 0 Å². The van der Waals surface area contributed by atoms with Gasteiger partial charge in [-0.2, -0.15) is 0 Å². The second kappa shape index (κ2) is 4.86. The topological polar surface area (TPSA) is 42.7 Å². The maximum absolute atomic E-state index is 13.6. The Balaban J connectivity index is 1.85. The molecule has 1 aromatic heterocycles. The summed E-state index contributed by atoms with van der Waals surface area (Å²) in [7, 11) is 0. The molecule has 0 bridgehead atoms. The summed E-state index contributed by atoms with van der Waals surface area (Å²) in [5.41, 5.74) is 0.671. The molecule has 1 saturated heterocycles. The van der Waals surface area contributed by atoms with Crippen LogP contribution in [-0.4, -0.2) is 27.9 Å². The Morgan fingerprint density at radius 2 is 2.28 bits per heavy atom. The molecule has 1 aromatic carbocycles. The van der Waals surface area contributed by atoms with Crippen molar-refractivity contribution in [1.29, 1.82) is 0 Å². The Kier molecular flexibility index (Phi) is 3.06. The molecule has 18 heavy (non-hydrogen) atoms. The van der Waals surface area contributed by atoms with Gasteiger partial charge in [0.2, 0.25) is 0 Å². The maximum atomic E-state index is 13.6. The van der Waals surface area contributed by atoms with Crippen molar-refractivity contribution in [3.05, 3.63) is 47.8 Å². The summed E-state index contributed by atoms with van der Waals surface area (Å²) in [5, 5.41) is 11.4. The van der Waals surface area contributed by atoms with E-state index in [-0.39, 0.29) is 5.82 Å². The fourth-order valence-electron chi connectivity index (χ4n) is 2.39. The summed E-state index contributed by atoms with van der Waals surface area (Å²) in [6, 6.07) is 6.83. The van der Waals surface area contributed by atoms with Crippen LogP contribution < -0.4 is 5.32 Å². The molecular formula is C13H15FN4. The smallest absolute Gasteiger partial charge is 0.137 e. The van der Waals surface area contributed by atoms with Crippen LogP contribution in [0, 0.1) is 5.82 Å². The molecular weight excluding hydrogens is 231 g/mol. The van der Waals surface area contributed by atoms with E-state index in [0.29, 0.717) is 18.0 Å². The Morgan fingerprint density at radius 3 is 3.06 bits per heavy atom. The van der Waals surface area contributed by atoms with Crippen molar-refractivity contribution in [2.45, 2.75) is 18.9 Å². The zero-order valence-electron chi connectivity index (χ0n) is 10.0. The first-order valence-electron chi connectivity index (χ1n) is 6.16. The zero-order valence-corrected chi connectivity index (χ0v) is 10.0. The standard InChI is InChI=1S/C13H15FN4/c14-12-4-2-1-3-11(12)8-18-9-16-17-13(18)10-5-6-15-7-10/h1-4,9-10,15H,5-8H2.